The number of aromatic nitrogens is 2. The zero-order valence-corrected chi connectivity index (χ0v) is 26.4. The van der Waals surface area contributed by atoms with Gasteiger partial charge in [0.05, 0.1) is 23.2 Å². The van der Waals surface area contributed by atoms with Gasteiger partial charge in [-0.1, -0.05) is 43.6 Å². The first kappa shape index (κ1) is 33.3. The first-order chi connectivity index (χ1) is 20.7. The van der Waals surface area contributed by atoms with E-state index < -0.39 is 47.9 Å². The number of benzene rings is 2. The van der Waals surface area contributed by atoms with E-state index in [4.69, 9.17) is 11.6 Å². The summed E-state index contributed by atoms with van der Waals surface area (Å²) < 4.78 is 30.0. The number of carbonyl (C=O) groups excluding carboxylic acids is 1. The van der Waals surface area contributed by atoms with Gasteiger partial charge in [-0.05, 0) is 73.6 Å². The number of nitrogens with zero attached hydrogens (tertiary/aromatic N) is 3. The summed E-state index contributed by atoms with van der Waals surface area (Å²) in [5.74, 6) is -2.78. The van der Waals surface area contributed by atoms with Gasteiger partial charge in [0, 0.05) is 37.2 Å². The number of likely N-dealkylation sites (tertiary alicyclic amines) is 1. The minimum absolute atomic E-state index is 0.0394. The van der Waals surface area contributed by atoms with Crippen LogP contribution < -0.4 is 10.9 Å². The van der Waals surface area contributed by atoms with Gasteiger partial charge in [0.1, 0.15) is 18.0 Å². The van der Waals surface area contributed by atoms with E-state index in [0.717, 1.165) is 21.4 Å². The lowest BCUT2D eigenvalue weighted by molar-refractivity contribution is -0.138. The Hall–Kier alpha value is -3.63. The van der Waals surface area contributed by atoms with Crippen LogP contribution in [0.5, 0.6) is 0 Å². The van der Waals surface area contributed by atoms with Gasteiger partial charge in [0.25, 0.3) is 5.56 Å². The molecule has 2 N–H and O–H groups in total. The Morgan fingerprint density at radius 3 is 2.36 bits per heavy atom. The number of rotatable bonds is 12. The number of amides is 1. The molecule has 1 aliphatic heterocycles. The molecule has 236 valence electrons. The molecule has 1 fully saturated rings. The Kier molecular flexibility index (Phi) is 10.6. The molecule has 0 aliphatic carbocycles. The number of carboxylic acid groups (broad SMARTS) is 1. The molecule has 3 aromatic rings. The van der Waals surface area contributed by atoms with Crippen LogP contribution in [0, 0.1) is 32.5 Å². The first-order valence-electron chi connectivity index (χ1n) is 14.8. The fourth-order valence-electron chi connectivity index (χ4n) is 5.72. The summed E-state index contributed by atoms with van der Waals surface area (Å²) in [5, 5.41) is 16.8. The molecular weight excluding hydrogens is 590 g/mol. The number of alkyl halides is 1. The summed E-state index contributed by atoms with van der Waals surface area (Å²) in [6.45, 7) is 10.5. The first-order valence-corrected chi connectivity index (χ1v) is 15.2. The maximum atomic E-state index is 15.6. The van der Waals surface area contributed by atoms with Crippen LogP contribution in [-0.2, 0) is 16.0 Å². The van der Waals surface area contributed by atoms with Gasteiger partial charge in [0.2, 0.25) is 5.91 Å². The SMILES string of the molecule is Cc1cccc(C)c1-c1cc(Cl)c(F)c(C(CC(=O)O)NC(=O)C(CC(C)C)n2nc(CCN3CC(F)C3)cc(C)c2=O)c1. The van der Waals surface area contributed by atoms with Crippen molar-refractivity contribution >= 4 is 23.5 Å². The molecular formula is C33H39ClF2N4O4. The number of halogens is 3. The van der Waals surface area contributed by atoms with Crippen LogP contribution in [0.3, 0.4) is 0 Å². The smallest absolute Gasteiger partial charge is 0.305 e. The average Bonchev–Trinajstić information content (AvgIpc) is 2.92. The van der Waals surface area contributed by atoms with Crippen LogP contribution in [0.25, 0.3) is 11.1 Å². The molecule has 1 aliphatic rings. The van der Waals surface area contributed by atoms with Crippen LogP contribution in [0.15, 0.2) is 41.2 Å². The molecule has 1 amide bonds. The minimum atomic E-state index is -1.28. The molecule has 1 saturated heterocycles. The number of carboxylic acids is 1. The van der Waals surface area contributed by atoms with Crippen molar-refractivity contribution in [1.82, 2.24) is 20.0 Å². The summed E-state index contributed by atoms with van der Waals surface area (Å²) >= 11 is 6.33. The molecule has 8 nitrogen and oxygen atoms in total. The summed E-state index contributed by atoms with van der Waals surface area (Å²) in [6.07, 6.45) is -0.767. The van der Waals surface area contributed by atoms with Crippen LogP contribution >= 0.6 is 11.6 Å². The van der Waals surface area contributed by atoms with Gasteiger partial charge in [-0.3, -0.25) is 19.3 Å². The highest BCUT2D eigenvalue weighted by Gasteiger charge is 2.31. The third-order valence-electron chi connectivity index (χ3n) is 7.95. The van der Waals surface area contributed by atoms with E-state index in [0.29, 0.717) is 42.9 Å². The Bertz CT molecular complexity index is 1580. The summed E-state index contributed by atoms with van der Waals surface area (Å²) in [7, 11) is 0. The molecule has 0 saturated carbocycles. The molecule has 4 rings (SSSR count). The Morgan fingerprint density at radius 2 is 1.77 bits per heavy atom. The molecule has 2 atom stereocenters. The van der Waals surface area contributed by atoms with Crippen molar-refractivity contribution < 1.29 is 23.5 Å². The van der Waals surface area contributed by atoms with E-state index in [9.17, 15) is 23.9 Å². The summed E-state index contributed by atoms with van der Waals surface area (Å²) in [5.41, 5.74) is 3.72. The second-order valence-corrected chi connectivity index (χ2v) is 12.5. The Morgan fingerprint density at radius 1 is 1.11 bits per heavy atom. The van der Waals surface area contributed by atoms with Crippen molar-refractivity contribution in [2.24, 2.45) is 5.92 Å². The van der Waals surface area contributed by atoms with Crippen molar-refractivity contribution in [1.29, 1.82) is 0 Å². The standard InChI is InChI=1S/C33H39ClF2N4O4/c1-18(2)11-28(40-33(44)21(5)12-24(38-40)9-10-39-16-23(35)17-39)32(43)37-27(15-29(41)42)25-13-22(14-26(34)31(25)36)30-19(3)7-6-8-20(30)4/h6-8,12-14,18,23,27-28H,9-11,15-17H2,1-5H3,(H,37,43)(H,41,42). The maximum Gasteiger partial charge on any atom is 0.305 e. The van der Waals surface area contributed by atoms with Crippen molar-refractivity contribution in [2.45, 2.75) is 72.1 Å². The second-order valence-electron chi connectivity index (χ2n) is 12.1. The maximum absolute atomic E-state index is 15.6. The molecule has 1 aromatic heterocycles. The highest BCUT2D eigenvalue weighted by molar-refractivity contribution is 6.31. The predicted octanol–water partition coefficient (Wildman–Crippen LogP) is 5.74. The highest BCUT2D eigenvalue weighted by Crippen LogP contribution is 2.35. The van der Waals surface area contributed by atoms with Gasteiger partial charge in [-0.25, -0.2) is 13.5 Å². The molecule has 44 heavy (non-hydrogen) atoms. The normalized spacial score (nSPS) is 15.2. The average molecular weight is 629 g/mol. The topological polar surface area (TPSA) is 105 Å². The summed E-state index contributed by atoms with van der Waals surface area (Å²) in [4.78, 5) is 41.1. The van der Waals surface area contributed by atoms with Gasteiger partial charge >= 0.3 is 5.97 Å². The number of hydrogen-bond donors (Lipinski definition) is 2. The highest BCUT2D eigenvalue weighted by atomic mass is 35.5. The molecule has 0 bridgehead atoms. The minimum Gasteiger partial charge on any atom is -0.481 e. The number of carbonyl (C=O) groups is 2. The van der Waals surface area contributed by atoms with E-state index >= 15 is 4.39 Å². The number of nitrogens with one attached hydrogen (secondary N) is 1. The number of hydrogen-bond acceptors (Lipinski definition) is 5. The van der Waals surface area contributed by atoms with Crippen LogP contribution in [-0.4, -0.2) is 57.5 Å². The zero-order valence-electron chi connectivity index (χ0n) is 25.7. The van der Waals surface area contributed by atoms with Gasteiger partial charge in [0.15, 0.2) is 0 Å². The van der Waals surface area contributed by atoms with Gasteiger partial charge in [-0.2, -0.15) is 5.10 Å². The fourth-order valence-corrected chi connectivity index (χ4v) is 5.95. The fraction of sp³-hybridized carbons (Fsp3) is 0.455. The van der Waals surface area contributed by atoms with Gasteiger partial charge in [-0.15, -0.1) is 0 Å². The predicted molar refractivity (Wildman–Crippen MR) is 166 cm³/mol. The van der Waals surface area contributed by atoms with Crippen LogP contribution in [0.4, 0.5) is 8.78 Å². The molecule has 11 heteroatoms. The third-order valence-corrected chi connectivity index (χ3v) is 8.23. The zero-order chi connectivity index (χ0) is 32.3. The number of aryl methyl sites for hydroxylation is 3. The van der Waals surface area contributed by atoms with E-state index in [1.54, 1.807) is 13.0 Å². The van der Waals surface area contributed by atoms with Crippen LogP contribution in [0.2, 0.25) is 5.02 Å². The molecule has 2 unspecified atom stereocenters. The van der Waals surface area contributed by atoms with Crippen molar-refractivity contribution in [2.75, 3.05) is 19.6 Å². The lowest BCUT2D eigenvalue weighted by Gasteiger charge is -2.34. The van der Waals surface area contributed by atoms with E-state index in [1.807, 2.05) is 50.8 Å². The second kappa shape index (κ2) is 14.0. The van der Waals surface area contributed by atoms with Crippen LogP contribution in [0.1, 0.15) is 66.7 Å². The Labute approximate surface area is 261 Å². The molecule has 2 aromatic carbocycles. The van der Waals surface area contributed by atoms with Gasteiger partial charge < -0.3 is 10.4 Å². The largest absolute Gasteiger partial charge is 0.481 e. The quantitative estimate of drug-likeness (QED) is 0.265. The lowest BCUT2D eigenvalue weighted by Crippen LogP contribution is -2.49. The third kappa shape index (κ3) is 7.71. The summed E-state index contributed by atoms with van der Waals surface area (Å²) in [6, 6.07) is 8.04. The molecule has 2 heterocycles. The van der Waals surface area contributed by atoms with Crippen molar-refractivity contribution in [3.63, 3.8) is 0 Å². The van der Waals surface area contributed by atoms with E-state index in [1.165, 1.54) is 12.1 Å². The molecule has 0 spiro atoms. The monoisotopic (exact) mass is 628 g/mol. The number of aliphatic carboxylic acids is 1. The Balaban J connectivity index is 1.71. The molecule has 0 radical (unpaired) electrons. The van der Waals surface area contributed by atoms with Crippen molar-refractivity contribution in [3.8, 4) is 11.1 Å². The van der Waals surface area contributed by atoms with E-state index in [2.05, 4.69) is 10.4 Å². The van der Waals surface area contributed by atoms with Crippen molar-refractivity contribution in [3.05, 3.63) is 85.5 Å². The lowest BCUT2D eigenvalue weighted by atomic mass is 9.92. The van der Waals surface area contributed by atoms with E-state index in [-0.39, 0.29) is 22.9 Å².